The van der Waals surface area contributed by atoms with E-state index in [-0.39, 0.29) is 12.3 Å². The monoisotopic (exact) mass is 287 g/mol. The van der Waals surface area contributed by atoms with E-state index in [1.807, 2.05) is 17.7 Å². The molecular formula is C10H10ClN3OS2. The largest absolute Gasteiger partial charge is 0.302 e. The minimum absolute atomic E-state index is 0.102. The minimum atomic E-state index is -0.102. The normalized spacial score (nSPS) is 10.5. The third-order valence-electron chi connectivity index (χ3n) is 1.91. The Hall–Kier alpha value is -0.980. The van der Waals surface area contributed by atoms with Gasteiger partial charge in [-0.2, -0.15) is 0 Å². The average molecular weight is 288 g/mol. The van der Waals surface area contributed by atoms with Crippen LogP contribution >= 0.6 is 34.3 Å². The van der Waals surface area contributed by atoms with E-state index < -0.39 is 0 Å². The number of anilines is 1. The van der Waals surface area contributed by atoms with Crippen molar-refractivity contribution < 1.29 is 4.79 Å². The number of nitrogens with zero attached hydrogens (tertiary/aromatic N) is 2. The van der Waals surface area contributed by atoms with Crippen molar-refractivity contribution >= 4 is 45.3 Å². The molecule has 1 N–H and O–H groups in total. The molecule has 0 aromatic carbocycles. The maximum absolute atomic E-state index is 11.7. The van der Waals surface area contributed by atoms with Gasteiger partial charge < -0.3 is 5.32 Å². The Kier molecular flexibility index (Phi) is 4.09. The number of nitrogens with one attached hydrogen (secondary N) is 1. The highest BCUT2D eigenvalue weighted by Crippen LogP contribution is 2.16. The molecule has 0 aliphatic carbocycles. The van der Waals surface area contributed by atoms with Crippen molar-refractivity contribution in [2.45, 2.75) is 19.2 Å². The molecule has 2 heterocycles. The summed E-state index contributed by atoms with van der Waals surface area (Å²) in [6.07, 6.45) is 0.264. The summed E-state index contributed by atoms with van der Waals surface area (Å²) >= 11 is 8.51. The predicted molar refractivity (Wildman–Crippen MR) is 70.9 cm³/mol. The first-order valence-electron chi connectivity index (χ1n) is 4.88. The van der Waals surface area contributed by atoms with Crippen LogP contribution in [0.25, 0.3) is 0 Å². The SMILES string of the molecule is Cc1csc(NC(=O)Cc2nc(CCl)cs2)n1. The fourth-order valence-electron chi connectivity index (χ4n) is 1.20. The van der Waals surface area contributed by atoms with E-state index in [4.69, 9.17) is 11.6 Å². The summed E-state index contributed by atoms with van der Waals surface area (Å²) in [5.74, 6) is 0.277. The second-order valence-corrected chi connectivity index (χ2v) is 5.45. The van der Waals surface area contributed by atoms with E-state index in [1.165, 1.54) is 22.7 Å². The number of carbonyl (C=O) groups excluding carboxylic acids is 1. The molecule has 0 atom stereocenters. The molecule has 0 saturated carbocycles. The molecule has 0 aliphatic heterocycles. The molecule has 17 heavy (non-hydrogen) atoms. The summed E-state index contributed by atoms with van der Waals surface area (Å²) in [6.45, 7) is 1.89. The molecule has 2 aromatic rings. The van der Waals surface area contributed by atoms with E-state index >= 15 is 0 Å². The Morgan fingerprint density at radius 2 is 2.24 bits per heavy atom. The van der Waals surface area contributed by atoms with Crippen molar-refractivity contribution in [1.29, 1.82) is 0 Å². The molecular weight excluding hydrogens is 278 g/mol. The summed E-state index contributed by atoms with van der Waals surface area (Å²) in [7, 11) is 0. The lowest BCUT2D eigenvalue weighted by Gasteiger charge is -1.98. The third-order valence-corrected chi connectivity index (χ3v) is 3.96. The van der Waals surface area contributed by atoms with Crippen LogP contribution in [0.2, 0.25) is 0 Å². The molecule has 0 radical (unpaired) electrons. The van der Waals surface area contributed by atoms with Gasteiger partial charge in [-0.25, -0.2) is 9.97 Å². The predicted octanol–water partition coefficient (Wildman–Crippen LogP) is 2.83. The van der Waals surface area contributed by atoms with Crippen LogP contribution in [0.3, 0.4) is 0 Å². The summed E-state index contributed by atoms with van der Waals surface area (Å²) in [5.41, 5.74) is 1.72. The minimum Gasteiger partial charge on any atom is -0.302 e. The number of thiazole rings is 2. The molecule has 1 amide bonds. The highest BCUT2D eigenvalue weighted by atomic mass is 35.5. The van der Waals surface area contributed by atoms with Crippen LogP contribution in [0.1, 0.15) is 16.4 Å². The lowest BCUT2D eigenvalue weighted by molar-refractivity contribution is -0.115. The number of alkyl halides is 1. The highest BCUT2D eigenvalue weighted by Gasteiger charge is 2.09. The zero-order valence-corrected chi connectivity index (χ0v) is 11.5. The Bertz CT molecular complexity index is 523. The number of hydrogen-bond acceptors (Lipinski definition) is 5. The first kappa shape index (κ1) is 12.5. The topological polar surface area (TPSA) is 54.9 Å². The van der Waals surface area contributed by atoms with Crippen LogP contribution in [-0.4, -0.2) is 15.9 Å². The number of rotatable bonds is 4. The van der Waals surface area contributed by atoms with Crippen LogP contribution in [-0.2, 0) is 17.1 Å². The number of carbonyl (C=O) groups is 1. The van der Waals surface area contributed by atoms with Crippen LogP contribution in [0.5, 0.6) is 0 Å². The summed E-state index contributed by atoms with van der Waals surface area (Å²) < 4.78 is 0. The number of aryl methyl sites for hydroxylation is 1. The van der Waals surface area contributed by atoms with Gasteiger partial charge in [-0.05, 0) is 6.92 Å². The standard InChI is InChI=1S/C10H10ClN3OS2/c1-6-4-17-10(12-6)14-8(15)2-9-13-7(3-11)5-16-9/h4-5H,2-3H2,1H3,(H,12,14,15). The van der Waals surface area contributed by atoms with Crippen LogP contribution in [0, 0.1) is 6.92 Å². The second-order valence-electron chi connectivity index (χ2n) is 3.39. The van der Waals surface area contributed by atoms with Gasteiger partial charge in [0, 0.05) is 10.8 Å². The van der Waals surface area contributed by atoms with Crippen LogP contribution in [0.15, 0.2) is 10.8 Å². The van der Waals surface area contributed by atoms with Crippen LogP contribution in [0.4, 0.5) is 5.13 Å². The summed E-state index contributed by atoms with van der Waals surface area (Å²) in [4.78, 5) is 20.1. The Morgan fingerprint density at radius 1 is 1.41 bits per heavy atom. The van der Waals surface area contributed by atoms with Crippen LogP contribution < -0.4 is 5.32 Å². The van der Waals surface area contributed by atoms with E-state index in [2.05, 4.69) is 15.3 Å². The fraction of sp³-hybridized carbons (Fsp3) is 0.300. The number of hydrogen-bond donors (Lipinski definition) is 1. The molecule has 0 spiro atoms. The highest BCUT2D eigenvalue weighted by molar-refractivity contribution is 7.14. The quantitative estimate of drug-likeness (QED) is 0.880. The zero-order chi connectivity index (χ0) is 12.3. The first-order chi connectivity index (χ1) is 8.17. The van der Waals surface area contributed by atoms with Crippen molar-refractivity contribution in [3.63, 3.8) is 0 Å². The molecule has 0 unspecified atom stereocenters. The van der Waals surface area contributed by atoms with Gasteiger partial charge in [0.25, 0.3) is 0 Å². The summed E-state index contributed by atoms with van der Waals surface area (Å²) in [5, 5.41) is 7.89. The van der Waals surface area contributed by atoms with E-state index in [0.717, 1.165) is 16.4 Å². The van der Waals surface area contributed by atoms with Crippen molar-refractivity contribution in [2.75, 3.05) is 5.32 Å². The number of aromatic nitrogens is 2. The molecule has 0 saturated heterocycles. The molecule has 2 aromatic heterocycles. The summed E-state index contributed by atoms with van der Waals surface area (Å²) in [6, 6.07) is 0. The molecule has 0 aliphatic rings. The molecule has 90 valence electrons. The lowest BCUT2D eigenvalue weighted by Crippen LogP contribution is -2.14. The van der Waals surface area contributed by atoms with Gasteiger partial charge in [-0.3, -0.25) is 4.79 Å². The van der Waals surface area contributed by atoms with Gasteiger partial charge in [0.15, 0.2) is 5.13 Å². The van der Waals surface area contributed by atoms with Gasteiger partial charge in [-0.15, -0.1) is 34.3 Å². The Balaban J connectivity index is 1.93. The Labute approximate surface area is 112 Å². The van der Waals surface area contributed by atoms with E-state index in [0.29, 0.717) is 11.0 Å². The van der Waals surface area contributed by atoms with Crippen molar-refractivity contribution in [3.05, 3.63) is 27.2 Å². The fourth-order valence-corrected chi connectivity index (χ4v) is 2.93. The van der Waals surface area contributed by atoms with Crippen molar-refractivity contribution in [3.8, 4) is 0 Å². The second kappa shape index (κ2) is 5.57. The zero-order valence-electron chi connectivity index (χ0n) is 9.07. The molecule has 2 rings (SSSR count). The smallest absolute Gasteiger partial charge is 0.233 e. The maximum Gasteiger partial charge on any atom is 0.233 e. The maximum atomic E-state index is 11.7. The lowest BCUT2D eigenvalue weighted by atomic mass is 10.4. The van der Waals surface area contributed by atoms with E-state index in [1.54, 1.807) is 0 Å². The van der Waals surface area contributed by atoms with Gasteiger partial charge in [-0.1, -0.05) is 0 Å². The molecule has 7 heteroatoms. The van der Waals surface area contributed by atoms with Gasteiger partial charge in [0.1, 0.15) is 5.01 Å². The van der Waals surface area contributed by atoms with Gasteiger partial charge in [0.2, 0.25) is 5.91 Å². The molecule has 0 fully saturated rings. The van der Waals surface area contributed by atoms with Gasteiger partial charge in [0.05, 0.1) is 23.7 Å². The van der Waals surface area contributed by atoms with Crippen molar-refractivity contribution in [2.24, 2.45) is 0 Å². The first-order valence-corrected chi connectivity index (χ1v) is 7.18. The third kappa shape index (κ3) is 3.49. The number of amides is 1. The van der Waals surface area contributed by atoms with Gasteiger partial charge >= 0.3 is 0 Å². The average Bonchev–Trinajstić information content (AvgIpc) is 2.88. The molecule has 0 bridgehead atoms. The number of halogens is 1. The van der Waals surface area contributed by atoms with Crippen molar-refractivity contribution in [1.82, 2.24) is 9.97 Å². The molecule has 4 nitrogen and oxygen atoms in total. The Morgan fingerprint density at radius 3 is 2.82 bits per heavy atom. The van der Waals surface area contributed by atoms with E-state index in [9.17, 15) is 4.79 Å².